The van der Waals surface area contributed by atoms with Crippen LogP contribution in [0.2, 0.25) is 0 Å². The number of benzene rings is 1. The van der Waals surface area contributed by atoms with Crippen molar-refractivity contribution in [3.8, 4) is 12.3 Å². The van der Waals surface area contributed by atoms with Gasteiger partial charge in [0.2, 0.25) is 0 Å². The molecule has 0 heterocycles. The highest BCUT2D eigenvalue weighted by Crippen LogP contribution is 2.21. The molecular formula is C10H9FO. The Morgan fingerprint density at radius 2 is 2.08 bits per heavy atom. The van der Waals surface area contributed by atoms with Gasteiger partial charge in [0.05, 0.1) is 0 Å². The molecular weight excluding hydrogens is 155 g/mol. The minimum absolute atomic E-state index is 0.132. The fraction of sp³-hybridized carbons (Fsp3) is 0.200. The Morgan fingerprint density at radius 3 is 2.58 bits per heavy atom. The van der Waals surface area contributed by atoms with Gasteiger partial charge < -0.3 is 5.11 Å². The van der Waals surface area contributed by atoms with Crippen molar-refractivity contribution in [2.45, 2.75) is 12.5 Å². The summed E-state index contributed by atoms with van der Waals surface area (Å²) in [7, 11) is 0. The Morgan fingerprint density at radius 1 is 1.50 bits per heavy atom. The normalized spacial score (nSPS) is 14.8. The molecule has 0 spiro atoms. The lowest BCUT2D eigenvalue weighted by molar-refractivity contribution is 0.118. The number of hydrogen-bond acceptors (Lipinski definition) is 1. The van der Waals surface area contributed by atoms with Gasteiger partial charge in [-0.3, -0.25) is 0 Å². The highest BCUT2D eigenvalue weighted by atomic mass is 19.1. The molecule has 0 bridgehead atoms. The van der Waals surface area contributed by atoms with Gasteiger partial charge >= 0.3 is 0 Å². The summed E-state index contributed by atoms with van der Waals surface area (Å²) < 4.78 is 13.0. The third-order valence-corrected chi connectivity index (χ3v) is 1.68. The van der Waals surface area contributed by atoms with Gasteiger partial charge in [-0.1, -0.05) is 24.1 Å². The van der Waals surface area contributed by atoms with E-state index in [1.807, 2.05) is 0 Å². The van der Waals surface area contributed by atoms with Crippen molar-refractivity contribution < 1.29 is 9.50 Å². The quantitative estimate of drug-likeness (QED) is 0.626. The van der Waals surface area contributed by atoms with Crippen LogP contribution in [-0.2, 0) is 5.60 Å². The van der Waals surface area contributed by atoms with Crippen LogP contribution in [0.5, 0.6) is 0 Å². The molecule has 0 saturated heterocycles. The van der Waals surface area contributed by atoms with E-state index in [0.717, 1.165) is 0 Å². The molecule has 0 fully saturated rings. The van der Waals surface area contributed by atoms with Crippen LogP contribution in [0.1, 0.15) is 12.5 Å². The summed E-state index contributed by atoms with van der Waals surface area (Å²) in [5.74, 6) is 1.63. The summed E-state index contributed by atoms with van der Waals surface area (Å²) >= 11 is 0. The van der Waals surface area contributed by atoms with Crippen LogP contribution in [0.15, 0.2) is 24.3 Å². The lowest BCUT2D eigenvalue weighted by Gasteiger charge is -2.16. The second-order valence-electron chi connectivity index (χ2n) is 2.70. The number of rotatable bonds is 1. The summed E-state index contributed by atoms with van der Waals surface area (Å²) in [6, 6.07) is 5.91. The summed E-state index contributed by atoms with van der Waals surface area (Å²) in [6.45, 7) is 1.38. The maximum atomic E-state index is 13.0. The van der Waals surface area contributed by atoms with Crippen molar-refractivity contribution in [3.05, 3.63) is 35.6 Å². The second kappa shape index (κ2) is 2.96. The predicted molar refractivity (Wildman–Crippen MR) is 44.8 cm³/mol. The van der Waals surface area contributed by atoms with Crippen molar-refractivity contribution in [2.24, 2.45) is 0 Å². The summed E-state index contributed by atoms with van der Waals surface area (Å²) in [6.07, 6.45) is 5.04. The van der Waals surface area contributed by atoms with Crippen molar-refractivity contribution in [3.63, 3.8) is 0 Å². The van der Waals surface area contributed by atoms with Crippen molar-refractivity contribution in [1.82, 2.24) is 0 Å². The molecule has 0 radical (unpaired) electrons. The molecule has 0 aromatic heterocycles. The zero-order chi connectivity index (χ0) is 9.19. The van der Waals surface area contributed by atoms with Crippen LogP contribution in [-0.4, -0.2) is 5.11 Å². The van der Waals surface area contributed by atoms with E-state index in [9.17, 15) is 9.50 Å². The molecule has 0 amide bonds. The number of terminal acetylenes is 1. The molecule has 0 saturated carbocycles. The first-order valence-corrected chi connectivity index (χ1v) is 3.53. The summed E-state index contributed by atoms with van der Waals surface area (Å²) in [5.41, 5.74) is -1.39. The first kappa shape index (κ1) is 8.76. The molecule has 1 N–H and O–H groups in total. The Hall–Kier alpha value is -1.33. The second-order valence-corrected chi connectivity index (χ2v) is 2.70. The SMILES string of the molecule is C#CC(C)(O)c1ccccc1F. The van der Waals surface area contributed by atoms with Crippen molar-refractivity contribution >= 4 is 0 Å². The molecule has 0 aliphatic carbocycles. The Kier molecular flexibility index (Phi) is 2.16. The van der Waals surface area contributed by atoms with Gasteiger partial charge in [0.1, 0.15) is 5.82 Å². The number of aliphatic hydroxyl groups is 1. The molecule has 1 aromatic carbocycles. The van der Waals surface area contributed by atoms with Gasteiger partial charge in [0.15, 0.2) is 5.60 Å². The van der Waals surface area contributed by atoms with Crippen molar-refractivity contribution in [1.29, 1.82) is 0 Å². The van der Waals surface area contributed by atoms with Gasteiger partial charge in [0, 0.05) is 5.56 Å². The smallest absolute Gasteiger partial charge is 0.150 e. The molecule has 1 atom stereocenters. The topological polar surface area (TPSA) is 20.2 Å². The molecule has 2 heteroatoms. The maximum Gasteiger partial charge on any atom is 0.150 e. The van der Waals surface area contributed by atoms with Gasteiger partial charge in [0.25, 0.3) is 0 Å². The highest BCUT2D eigenvalue weighted by Gasteiger charge is 2.22. The van der Waals surface area contributed by atoms with Crippen LogP contribution in [0.25, 0.3) is 0 Å². The molecule has 1 nitrogen and oxygen atoms in total. The molecule has 1 unspecified atom stereocenters. The number of halogens is 1. The predicted octanol–water partition coefficient (Wildman–Crippen LogP) is 1.67. The van der Waals surface area contributed by atoms with Crippen LogP contribution in [0, 0.1) is 18.2 Å². The Balaban J connectivity index is 3.22. The molecule has 1 aromatic rings. The fourth-order valence-electron chi connectivity index (χ4n) is 0.934. The monoisotopic (exact) mass is 164 g/mol. The maximum absolute atomic E-state index is 13.0. The zero-order valence-electron chi connectivity index (χ0n) is 6.71. The lowest BCUT2D eigenvalue weighted by Crippen LogP contribution is -2.19. The third-order valence-electron chi connectivity index (χ3n) is 1.68. The van der Waals surface area contributed by atoms with Gasteiger partial charge in [-0.2, -0.15) is 0 Å². The van der Waals surface area contributed by atoms with Crippen LogP contribution in [0.3, 0.4) is 0 Å². The minimum Gasteiger partial charge on any atom is -0.374 e. The van der Waals surface area contributed by atoms with E-state index >= 15 is 0 Å². The number of hydrogen-bond donors (Lipinski definition) is 1. The van der Waals surface area contributed by atoms with Gasteiger partial charge in [-0.15, -0.1) is 6.42 Å². The first-order valence-electron chi connectivity index (χ1n) is 3.53. The molecule has 0 aliphatic rings. The zero-order valence-corrected chi connectivity index (χ0v) is 6.71. The van der Waals surface area contributed by atoms with Crippen molar-refractivity contribution in [2.75, 3.05) is 0 Å². The van der Waals surface area contributed by atoms with Crippen LogP contribution < -0.4 is 0 Å². The summed E-state index contributed by atoms with van der Waals surface area (Å²) in [4.78, 5) is 0. The summed E-state index contributed by atoms with van der Waals surface area (Å²) in [5, 5.41) is 9.50. The highest BCUT2D eigenvalue weighted by molar-refractivity contribution is 5.30. The Bertz CT molecular complexity index is 323. The van der Waals surface area contributed by atoms with E-state index in [1.165, 1.54) is 19.1 Å². The average Bonchev–Trinajstić information content (AvgIpc) is 2.05. The van der Waals surface area contributed by atoms with Gasteiger partial charge in [-0.05, 0) is 13.0 Å². The lowest BCUT2D eigenvalue weighted by atomic mass is 9.97. The molecule has 0 aliphatic heterocycles. The standard InChI is InChI=1S/C10H9FO/c1-3-10(2,12)8-6-4-5-7-9(8)11/h1,4-7,12H,2H3. The van der Waals surface area contributed by atoms with E-state index in [0.29, 0.717) is 0 Å². The molecule has 1 rings (SSSR count). The van der Waals surface area contributed by atoms with Crippen LogP contribution >= 0.6 is 0 Å². The first-order chi connectivity index (χ1) is 5.58. The third kappa shape index (κ3) is 1.46. The van der Waals surface area contributed by atoms with E-state index < -0.39 is 11.4 Å². The minimum atomic E-state index is -1.52. The Labute approximate surface area is 70.9 Å². The average molecular weight is 164 g/mol. The molecule has 62 valence electrons. The van der Waals surface area contributed by atoms with E-state index in [-0.39, 0.29) is 5.56 Å². The van der Waals surface area contributed by atoms with E-state index in [2.05, 4.69) is 5.92 Å². The van der Waals surface area contributed by atoms with E-state index in [1.54, 1.807) is 12.1 Å². The van der Waals surface area contributed by atoms with E-state index in [4.69, 9.17) is 6.42 Å². The largest absolute Gasteiger partial charge is 0.374 e. The fourth-order valence-corrected chi connectivity index (χ4v) is 0.934. The molecule has 12 heavy (non-hydrogen) atoms. The van der Waals surface area contributed by atoms with Crippen LogP contribution in [0.4, 0.5) is 4.39 Å². The van der Waals surface area contributed by atoms with Gasteiger partial charge in [-0.25, -0.2) is 4.39 Å².